The van der Waals surface area contributed by atoms with Crippen LogP contribution in [-0.2, 0) is 16.1 Å². The second-order valence-corrected chi connectivity index (χ2v) is 4.70. The molecule has 2 heterocycles. The van der Waals surface area contributed by atoms with Gasteiger partial charge in [-0.15, -0.1) is 0 Å². The van der Waals surface area contributed by atoms with Crippen molar-refractivity contribution in [2.75, 3.05) is 26.7 Å². The van der Waals surface area contributed by atoms with E-state index in [0.717, 1.165) is 6.54 Å². The number of hydrogen-bond donors (Lipinski definition) is 2. The fraction of sp³-hybridized carbons (Fsp3) is 0.538. The fourth-order valence-electron chi connectivity index (χ4n) is 2.31. The van der Waals surface area contributed by atoms with Crippen LogP contribution in [0.25, 0.3) is 0 Å². The number of rotatable bonds is 4. The van der Waals surface area contributed by atoms with Gasteiger partial charge in [-0.3, -0.25) is 9.69 Å². The number of carboxylic acids is 1. The van der Waals surface area contributed by atoms with Crippen molar-refractivity contribution in [2.45, 2.75) is 19.5 Å². The van der Waals surface area contributed by atoms with E-state index in [9.17, 15) is 14.7 Å². The van der Waals surface area contributed by atoms with Gasteiger partial charge in [-0.1, -0.05) is 0 Å². The first kappa shape index (κ1) is 14.5. The van der Waals surface area contributed by atoms with Crippen LogP contribution in [-0.4, -0.2) is 54.7 Å². The molecule has 1 aliphatic heterocycles. The Morgan fingerprint density at radius 3 is 3.00 bits per heavy atom. The molecule has 1 atom stereocenters. The number of carboxylic acid groups (broad SMARTS) is 1. The van der Waals surface area contributed by atoms with Gasteiger partial charge in [-0.2, -0.15) is 0 Å². The first-order valence-corrected chi connectivity index (χ1v) is 6.38. The molecule has 2 rings (SSSR count). The number of carbonyl (C=O) groups excluding carboxylic acids is 1. The smallest absolute Gasteiger partial charge is 0.341 e. The lowest BCUT2D eigenvalue weighted by molar-refractivity contribution is -0.144. The number of aliphatic carboxylic acids is 1. The van der Waals surface area contributed by atoms with E-state index in [4.69, 9.17) is 4.42 Å². The van der Waals surface area contributed by atoms with Crippen LogP contribution in [0.15, 0.2) is 10.5 Å². The third kappa shape index (κ3) is 3.00. The van der Waals surface area contributed by atoms with Crippen LogP contribution in [0, 0.1) is 6.92 Å². The van der Waals surface area contributed by atoms with E-state index < -0.39 is 18.0 Å². The van der Waals surface area contributed by atoms with Crippen LogP contribution >= 0.6 is 0 Å². The lowest BCUT2D eigenvalue weighted by Crippen LogP contribution is -2.54. The highest BCUT2D eigenvalue weighted by atomic mass is 16.5. The molecule has 1 aromatic heterocycles. The zero-order chi connectivity index (χ0) is 14.7. The average Bonchev–Trinajstić information content (AvgIpc) is 2.79. The highest BCUT2D eigenvalue weighted by Crippen LogP contribution is 2.18. The summed E-state index contributed by atoms with van der Waals surface area (Å²) < 4.78 is 10.2. The molecule has 20 heavy (non-hydrogen) atoms. The summed E-state index contributed by atoms with van der Waals surface area (Å²) in [5, 5.41) is 12.2. The van der Waals surface area contributed by atoms with Crippen LogP contribution in [0.5, 0.6) is 0 Å². The van der Waals surface area contributed by atoms with Gasteiger partial charge in [-0.25, -0.2) is 4.79 Å². The van der Waals surface area contributed by atoms with Gasteiger partial charge >= 0.3 is 11.9 Å². The number of furan rings is 1. The number of nitrogens with one attached hydrogen (secondary N) is 1. The number of carbonyl (C=O) groups is 2. The van der Waals surface area contributed by atoms with Crippen LogP contribution < -0.4 is 5.32 Å². The summed E-state index contributed by atoms with van der Waals surface area (Å²) in [5.74, 6) is -0.272. The largest absolute Gasteiger partial charge is 0.480 e. The van der Waals surface area contributed by atoms with E-state index in [1.807, 2.05) is 4.90 Å². The third-order valence-corrected chi connectivity index (χ3v) is 3.37. The molecule has 0 radical (unpaired) electrons. The van der Waals surface area contributed by atoms with Crippen LogP contribution in [0.4, 0.5) is 0 Å². The molecule has 0 bridgehead atoms. The fourth-order valence-corrected chi connectivity index (χ4v) is 2.31. The van der Waals surface area contributed by atoms with E-state index in [1.165, 1.54) is 7.11 Å². The molecule has 2 N–H and O–H groups in total. The number of piperazine rings is 1. The van der Waals surface area contributed by atoms with Crippen molar-refractivity contribution in [3.05, 3.63) is 23.2 Å². The number of aryl methyl sites for hydroxylation is 1. The van der Waals surface area contributed by atoms with E-state index in [0.29, 0.717) is 36.7 Å². The summed E-state index contributed by atoms with van der Waals surface area (Å²) in [7, 11) is 1.31. The van der Waals surface area contributed by atoms with Gasteiger partial charge in [0.05, 0.1) is 13.7 Å². The minimum atomic E-state index is -0.867. The van der Waals surface area contributed by atoms with Crippen molar-refractivity contribution < 1.29 is 23.8 Å². The first-order chi connectivity index (χ1) is 9.52. The number of ether oxygens (including phenoxy) is 1. The van der Waals surface area contributed by atoms with Crippen molar-refractivity contribution >= 4 is 11.9 Å². The minimum Gasteiger partial charge on any atom is -0.480 e. The zero-order valence-electron chi connectivity index (χ0n) is 11.5. The molecule has 1 unspecified atom stereocenters. The quantitative estimate of drug-likeness (QED) is 0.764. The Bertz CT molecular complexity index is 511. The number of esters is 1. The average molecular weight is 282 g/mol. The molecule has 0 aromatic carbocycles. The van der Waals surface area contributed by atoms with Gasteiger partial charge in [0.2, 0.25) is 0 Å². The summed E-state index contributed by atoms with van der Waals surface area (Å²) in [6.07, 6.45) is 0. The summed E-state index contributed by atoms with van der Waals surface area (Å²) in [6.45, 7) is 3.79. The van der Waals surface area contributed by atoms with Gasteiger partial charge in [-0.05, 0) is 13.0 Å². The Kier molecular flexibility index (Phi) is 4.41. The maximum absolute atomic E-state index is 11.5. The molecular formula is C13H18N2O5. The van der Waals surface area contributed by atoms with E-state index in [1.54, 1.807) is 13.0 Å². The Hall–Kier alpha value is -1.86. The Morgan fingerprint density at radius 2 is 2.35 bits per heavy atom. The lowest BCUT2D eigenvalue weighted by atomic mass is 10.2. The Labute approximate surface area is 116 Å². The standard InChI is InChI=1S/C13H18N2O5/c1-8-10(13(18)19-2)5-9(20-8)7-15-4-3-14-6-11(15)12(16)17/h5,11,14H,3-4,6-7H2,1-2H3,(H,16,17). The molecule has 7 heteroatoms. The molecule has 1 saturated heterocycles. The van der Waals surface area contributed by atoms with Crippen LogP contribution in [0.1, 0.15) is 21.9 Å². The van der Waals surface area contributed by atoms with Crippen molar-refractivity contribution in [1.29, 1.82) is 0 Å². The van der Waals surface area contributed by atoms with Crippen molar-refractivity contribution in [1.82, 2.24) is 10.2 Å². The third-order valence-electron chi connectivity index (χ3n) is 3.37. The summed E-state index contributed by atoms with van der Waals surface area (Å²) in [6, 6.07) is 1.03. The normalized spacial score (nSPS) is 19.8. The predicted molar refractivity (Wildman–Crippen MR) is 69.5 cm³/mol. The summed E-state index contributed by atoms with van der Waals surface area (Å²) >= 11 is 0. The summed E-state index contributed by atoms with van der Waals surface area (Å²) in [4.78, 5) is 24.5. The Balaban J connectivity index is 2.12. The highest BCUT2D eigenvalue weighted by Gasteiger charge is 2.29. The van der Waals surface area contributed by atoms with E-state index in [-0.39, 0.29) is 0 Å². The van der Waals surface area contributed by atoms with Crippen molar-refractivity contribution in [3.8, 4) is 0 Å². The van der Waals surface area contributed by atoms with Gasteiger partial charge in [0, 0.05) is 19.6 Å². The van der Waals surface area contributed by atoms with Gasteiger partial charge < -0.3 is 19.6 Å². The predicted octanol–water partition coefficient (Wildman–Crippen LogP) is 0.233. The van der Waals surface area contributed by atoms with Crippen LogP contribution in [0.3, 0.4) is 0 Å². The lowest BCUT2D eigenvalue weighted by Gasteiger charge is -2.32. The maximum atomic E-state index is 11.5. The second-order valence-electron chi connectivity index (χ2n) is 4.70. The van der Waals surface area contributed by atoms with Gasteiger partial charge in [0.15, 0.2) is 0 Å². The first-order valence-electron chi connectivity index (χ1n) is 6.38. The molecule has 7 nitrogen and oxygen atoms in total. The molecule has 1 fully saturated rings. The SMILES string of the molecule is COC(=O)c1cc(CN2CCNCC2C(=O)O)oc1C. The summed E-state index contributed by atoms with van der Waals surface area (Å²) in [5.41, 5.74) is 0.379. The van der Waals surface area contributed by atoms with Crippen molar-refractivity contribution in [2.24, 2.45) is 0 Å². The van der Waals surface area contributed by atoms with Crippen molar-refractivity contribution in [3.63, 3.8) is 0 Å². The molecule has 0 aliphatic carbocycles. The van der Waals surface area contributed by atoms with Crippen LogP contribution in [0.2, 0.25) is 0 Å². The molecule has 0 spiro atoms. The topological polar surface area (TPSA) is 92.0 Å². The monoisotopic (exact) mass is 282 g/mol. The molecule has 110 valence electrons. The molecule has 1 aromatic rings. The molecule has 1 aliphatic rings. The van der Waals surface area contributed by atoms with E-state index in [2.05, 4.69) is 10.1 Å². The molecular weight excluding hydrogens is 264 g/mol. The molecule has 0 saturated carbocycles. The number of hydrogen-bond acceptors (Lipinski definition) is 6. The zero-order valence-corrected chi connectivity index (χ0v) is 11.5. The van der Waals surface area contributed by atoms with Gasteiger partial charge in [0.25, 0.3) is 0 Å². The molecule has 0 amide bonds. The number of nitrogens with zero attached hydrogens (tertiary/aromatic N) is 1. The highest BCUT2D eigenvalue weighted by molar-refractivity contribution is 5.90. The minimum absolute atomic E-state index is 0.358. The number of methoxy groups -OCH3 is 1. The Morgan fingerprint density at radius 1 is 1.60 bits per heavy atom. The second kappa shape index (κ2) is 6.06. The van der Waals surface area contributed by atoms with Gasteiger partial charge in [0.1, 0.15) is 23.1 Å². The maximum Gasteiger partial charge on any atom is 0.341 e. The van der Waals surface area contributed by atoms with E-state index >= 15 is 0 Å².